The second-order valence-electron chi connectivity index (χ2n) is 4.56. The second kappa shape index (κ2) is 6.51. The maximum atomic E-state index is 11.7. The van der Waals surface area contributed by atoms with E-state index in [1.807, 2.05) is 0 Å². The lowest BCUT2D eigenvalue weighted by molar-refractivity contribution is 0.428. The smallest absolute Gasteiger partial charge is 0.266 e. The van der Waals surface area contributed by atoms with E-state index in [-0.39, 0.29) is 5.56 Å². The Morgan fingerprint density at radius 2 is 2.44 bits per heavy atom. The number of hydrogen-bond donors (Lipinski definition) is 2. The van der Waals surface area contributed by atoms with Gasteiger partial charge in [-0.25, -0.2) is 4.98 Å². The lowest BCUT2D eigenvalue weighted by atomic mass is 10.1. The van der Waals surface area contributed by atoms with Crippen molar-refractivity contribution in [1.82, 2.24) is 15.3 Å². The predicted octanol–water partition coefficient (Wildman–Crippen LogP) is 1.34. The van der Waals surface area contributed by atoms with Gasteiger partial charge in [-0.2, -0.15) is 0 Å². The van der Waals surface area contributed by atoms with Gasteiger partial charge in [0.2, 0.25) is 0 Å². The second-order valence-corrected chi connectivity index (χ2v) is 5.64. The van der Waals surface area contributed by atoms with E-state index in [4.69, 9.17) is 0 Å². The van der Waals surface area contributed by atoms with Crippen LogP contribution in [-0.2, 0) is 0 Å². The van der Waals surface area contributed by atoms with E-state index >= 15 is 0 Å². The molecule has 5 nitrogen and oxygen atoms in total. The van der Waals surface area contributed by atoms with Crippen molar-refractivity contribution in [3.8, 4) is 0 Å². The molecule has 0 amide bonds. The number of hydrogen-bond acceptors (Lipinski definition) is 4. The van der Waals surface area contributed by atoms with Crippen LogP contribution in [0.3, 0.4) is 0 Å². The quantitative estimate of drug-likeness (QED) is 0.794. The average molecular weight is 362 g/mol. The van der Waals surface area contributed by atoms with Crippen LogP contribution >= 0.6 is 22.6 Å². The zero-order valence-corrected chi connectivity index (χ0v) is 12.7. The highest BCUT2D eigenvalue weighted by molar-refractivity contribution is 14.1. The molecule has 0 radical (unpaired) electrons. The van der Waals surface area contributed by atoms with Crippen molar-refractivity contribution in [3.05, 3.63) is 20.3 Å². The standard InChI is InChI=1S/C12H19IN4O/c1-2-6-17(9-4-3-5-14-7-9)11-10(13)12(18)16-8-15-11/h8-9,14H,2-7H2,1H3,(H,15,16,18). The number of nitrogens with one attached hydrogen (secondary N) is 2. The molecular weight excluding hydrogens is 343 g/mol. The Bertz CT molecular complexity index is 442. The minimum absolute atomic E-state index is 0.0505. The SMILES string of the molecule is CCCN(c1nc[nH]c(=O)c1I)C1CCCNC1. The first-order chi connectivity index (χ1) is 8.74. The van der Waals surface area contributed by atoms with Crippen LogP contribution in [-0.4, -0.2) is 35.6 Å². The van der Waals surface area contributed by atoms with Gasteiger partial charge in [-0.15, -0.1) is 0 Å². The van der Waals surface area contributed by atoms with Gasteiger partial charge in [0.25, 0.3) is 5.56 Å². The molecule has 0 bridgehead atoms. The minimum Gasteiger partial charge on any atom is -0.351 e. The summed E-state index contributed by atoms with van der Waals surface area (Å²) in [7, 11) is 0. The molecule has 0 saturated carbocycles. The van der Waals surface area contributed by atoms with Gasteiger partial charge in [-0.3, -0.25) is 4.79 Å². The van der Waals surface area contributed by atoms with E-state index < -0.39 is 0 Å². The van der Waals surface area contributed by atoms with Gasteiger partial charge >= 0.3 is 0 Å². The molecule has 0 aliphatic carbocycles. The van der Waals surface area contributed by atoms with Gasteiger partial charge in [0.1, 0.15) is 9.39 Å². The Morgan fingerprint density at radius 1 is 1.61 bits per heavy atom. The molecule has 1 aromatic heterocycles. The topological polar surface area (TPSA) is 61.0 Å². The third kappa shape index (κ3) is 3.03. The Hall–Kier alpha value is -0.630. The van der Waals surface area contributed by atoms with E-state index in [2.05, 4.69) is 49.7 Å². The van der Waals surface area contributed by atoms with Crippen molar-refractivity contribution in [2.45, 2.75) is 32.2 Å². The van der Waals surface area contributed by atoms with Gasteiger partial charge in [0, 0.05) is 19.1 Å². The van der Waals surface area contributed by atoms with Crippen LogP contribution in [0.1, 0.15) is 26.2 Å². The van der Waals surface area contributed by atoms with Crippen molar-refractivity contribution >= 4 is 28.4 Å². The number of halogens is 1. The molecule has 2 rings (SSSR count). The summed E-state index contributed by atoms with van der Waals surface area (Å²) in [5, 5.41) is 3.42. The molecule has 2 heterocycles. The first-order valence-corrected chi connectivity index (χ1v) is 7.52. The monoisotopic (exact) mass is 362 g/mol. The van der Waals surface area contributed by atoms with Crippen molar-refractivity contribution in [1.29, 1.82) is 0 Å². The maximum Gasteiger partial charge on any atom is 0.266 e. The number of piperidine rings is 1. The molecular formula is C12H19IN4O. The number of anilines is 1. The third-order valence-corrected chi connectivity index (χ3v) is 4.20. The van der Waals surface area contributed by atoms with E-state index in [9.17, 15) is 4.79 Å². The summed E-state index contributed by atoms with van der Waals surface area (Å²) in [6, 6.07) is 0.446. The normalized spacial score (nSPS) is 19.8. The largest absolute Gasteiger partial charge is 0.351 e. The maximum absolute atomic E-state index is 11.7. The van der Waals surface area contributed by atoms with Crippen molar-refractivity contribution in [2.24, 2.45) is 0 Å². The van der Waals surface area contributed by atoms with E-state index in [1.165, 1.54) is 12.7 Å². The summed E-state index contributed by atoms with van der Waals surface area (Å²) in [5.74, 6) is 0.829. The predicted molar refractivity (Wildman–Crippen MR) is 81.1 cm³/mol. The Kier molecular flexibility index (Phi) is 4.99. The van der Waals surface area contributed by atoms with Crippen LogP contribution in [0, 0.1) is 3.57 Å². The van der Waals surface area contributed by atoms with Crippen LogP contribution in [0.2, 0.25) is 0 Å². The van der Waals surface area contributed by atoms with Crippen LogP contribution in [0.15, 0.2) is 11.1 Å². The van der Waals surface area contributed by atoms with Crippen LogP contribution in [0.5, 0.6) is 0 Å². The van der Waals surface area contributed by atoms with E-state index in [0.29, 0.717) is 9.61 Å². The fourth-order valence-electron chi connectivity index (χ4n) is 2.38. The van der Waals surface area contributed by atoms with Gasteiger partial charge < -0.3 is 15.2 Å². The molecule has 1 aliphatic heterocycles. The van der Waals surface area contributed by atoms with E-state index in [0.717, 1.165) is 38.3 Å². The molecule has 1 unspecified atom stereocenters. The molecule has 2 N–H and O–H groups in total. The van der Waals surface area contributed by atoms with Crippen molar-refractivity contribution in [2.75, 3.05) is 24.5 Å². The summed E-state index contributed by atoms with van der Waals surface area (Å²) in [4.78, 5) is 21.0. The Balaban J connectivity index is 2.28. The number of H-pyrrole nitrogens is 1. The number of rotatable bonds is 4. The lowest BCUT2D eigenvalue weighted by Gasteiger charge is -2.35. The minimum atomic E-state index is -0.0505. The highest BCUT2D eigenvalue weighted by Gasteiger charge is 2.23. The molecule has 0 aromatic carbocycles. The molecule has 6 heteroatoms. The van der Waals surface area contributed by atoms with Crippen molar-refractivity contribution in [3.63, 3.8) is 0 Å². The first-order valence-electron chi connectivity index (χ1n) is 6.44. The highest BCUT2D eigenvalue weighted by atomic mass is 127. The summed E-state index contributed by atoms with van der Waals surface area (Å²) in [6.07, 6.45) is 4.90. The third-order valence-electron chi connectivity index (χ3n) is 3.23. The molecule has 1 aliphatic rings. The van der Waals surface area contributed by atoms with Crippen LogP contribution in [0.25, 0.3) is 0 Å². The molecule has 1 saturated heterocycles. The molecule has 1 aromatic rings. The highest BCUT2D eigenvalue weighted by Crippen LogP contribution is 2.21. The summed E-state index contributed by atoms with van der Waals surface area (Å²) in [5.41, 5.74) is -0.0505. The van der Waals surface area contributed by atoms with E-state index in [1.54, 1.807) is 0 Å². The number of aromatic amines is 1. The van der Waals surface area contributed by atoms with Gasteiger partial charge in [-0.1, -0.05) is 6.92 Å². The zero-order chi connectivity index (χ0) is 13.0. The van der Waals surface area contributed by atoms with Gasteiger partial charge in [0.15, 0.2) is 0 Å². The number of nitrogens with zero attached hydrogens (tertiary/aromatic N) is 2. The lowest BCUT2D eigenvalue weighted by Crippen LogP contribution is -2.47. The first kappa shape index (κ1) is 13.8. The molecule has 1 atom stereocenters. The molecule has 18 heavy (non-hydrogen) atoms. The fourth-order valence-corrected chi connectivity index (χ4v) is 2.98. The molecule has 1 fully saturated rings. The Morgan fingerprint density at radius 3 is 3.11 bits per heavy atom. The summed E-state index contributed by atoms with van der Waals surface area (Å²) < 4.78 is 0.689. The zero-order valence-electron chi connectivity index (χ0n) is 10.6. The Labute approximate surface area is 121 Å². The van der Waals surface area contributed by atoms with Crippen molar-refractivity contribution < 1.29 is 0 Å². The molecule has 0 spiro atoms. The van der Waals surface area contributed by atoms with Gasteiger partial charge in [-0.05, 0) is 48.4 Å². The number of aromatic nitrogens is 2. The molecule has 100 valence electrons. The summed E-state index contributed by atoms with van der Waals surface area (Å²) in [6.45, 7) is 5.17. The average Bonchev–Trinajstić information content (AvgIpc) is 2.41. The summed E-state index contributed by atoms with van der Waals surface area (Å²) >= 11 is 2.09. The van der Waals surface area contributed by atoms with Crippen LogP contribution < -0.4 is 15.8 Å². The van der Waals surface area contributed by atoms with Crippen LogP contribution in [0.4, 0.5) is 5.82 Å². The fraction of sp³-hybridized carbons (Fsp3) is 0.667. The van der Waals surface area contributed by atoms with Gasteiger partial charge in [0.05, 0.1) is 6.33 Å².